The highest BCUT2D eigenvalue weighted by Crippen LogP contribution is 2.29. The Balaban J connectivity index is 2.33. The maximum atomic E-state index is 12.3. The summed E-state index contributed by atoms with van der Waals surface area (Å²) in [7, 11) is -2.02. The number of sulfonamides is 1. The molecular formula is C11H15ClN2O3S. The molecule has 5 nitrogen and oxygen atoms in total. The summed E-state index contributed by atoms with van der Waals surface area (Å²) in [5.41, 5.74) is 5.72. The zero-order valence-electron chi connectivity index (χ0n) is 9.97. The summed E-state index contributed by atoms with van der Waals surface area (Å²) in [6.45, 7) is 0.805. The monoisotopic (exact) mass is 290 g/mol. The van der Waals surface area contributed by atoms with Gasteiger partial charge in [-0.25, -0.2) is 8.42 Å². The Labute approximate surface area is 112 Å². The number of benzene rings is 1. The first kappa shape index (κ1) is 13.6. The molecule has 1 fully saturated rings. The SMILES string of the molecule is COc1ccc(S(=O)(=O)N2CCC(N)C2)cc1Cl. The lowest BCUT2D eigenvalue weighted by Gasteiger charge is -2.16. The number of nitrogens with two attached hydrogens (primary N) is 1. The van der Waals surface area contributed by atoms with Crippen molar-refractivity contribution in [1.29, 1.82) is 0 Å². The Morgan fingerprint density at radius 3 is 2.72 bits per heavy atom. The van der Waals surface area contributed by atoms with Crippen molar-refractivity contribution in [2.24, 2.45) is 5.73 Å². The Bertz CT molecular complexity index is 547. The third kappa shape index (κ3) is 2.47. The van der Waals surface area contributed by atoms with Gasteiger partial charge in [0.15, 0.2) is 0 Å². The lowest BCUT2D eigenvalue weighted by Crippen LogP contribution is -2.31. The second-order valence-corrected chi connectivity index (χ2v) is 6.55. The standard InChI is InChI=1S/C11H15ClN2O3S/c1-17-11-3-2-9(6-10(11)12)18(15,16)14-5-4-8(13)7-14/h2-3,6,8H,4-5,7,13H2,1H3. The van der Waals surface area contributed by atoms with E-state index < -0.39 is 10.0 Å². The van der Waals surface area contributed by atoms with Crippen molar-refractivity contribution >= 4 is 21.6 Å². The average Bonchev–Trinajstić information content (AvgIpc) is 2.76. The molecule has 7 heteroatoms. The van der Waals surface area contributed by atoms with Crippen molar-refractivity contribution in [3.8, 4) is 5.75 Å². The molecule has 1 heterocycles. The van der Waals surface area contributed by atoms with E-state index >= 15 is 0 Å². The van der Waals surface area contributed by atoms with Crippen LogP contribution >= 0.6 is 11.6 Å². The Kier molecular flexibility index (Phi) is 3.82. The molecule has 1 aliphatic rings. The molecule has 0 saturated carbocycles. The minimum atomic E-state index is -3.51. The Morgan fingerprint density at radius 1 is 1.50 bits per heavy atom. The van der Waals surface area contributed by atoms with Gasteiger partial charge in [-0.2, -0.15) is 4.31 Å². The fraction of sp³-hybridized carbons (Fsp3) is 0.455. The van der Waals surface area contributed by atoms with Crippen molar-refractivity contribution in [2.75, 3.05) is 20.2 Å². The number of rotatable bonds is 3. The number of ether oxygens (including phenoxy) is 1. The van der Waals surface area contributed by atoms with Crippen LogP contribution in [-0.4, -0.2) is 39.0 Å². The molecule has 0 aromatic heterocycles. The van der Waals surface area contributed by atoms with Gasteiger partial charge in [-0.1, -0.05) is 11.6 Å². The van der Waals surface area contributed by atoms with E-state index in [0.29, 0.717) is 25.3 Å². The normalized spacial score (nSPS) is 21.2. The van der Waals surface area contributed by atoms with Crippen molar-refractivity contribution < 1.29 is 13.2 Å². The number of nitrogens with zero attached hydrogens (tertiary/aromatic N) is 1. The van der Waals surface area contributed by atoms with Crippen LogP contribution in [0, 0.1) is 0 Å². The lowest BCUT2D eigenvalue weighted by atomic mass is 10.3. The molecule has 0 spiro atoms. The van der Waals surface area contributed by atoms with Crippen LogP contribution in [0.5, 0.6) is 5.75 Å². The quantitative estimate of drug-likeness (QED) is 0.904. The molecule has 18 heavy (non-hydrogen) atoms. The molecule has 1 saturated heterocycles. The molecule has 1 atom stereocenters. The van der Waals surface area contributed by atoms with Crippen LogP contribution in [0.15, 0.2) is 23.1 Å². The first-order chi connectivity index (χ1) is 8.45. The summed E-state index contributed by atoms with van der Waals surface area (Å²) in [6.07, 6.45) is 0.684. The highest BCUT2D eigenvalue weighted by atomic mass is 35.5. The van der Waals surface area contributed by atoms with E-state index in [4.69, 9.17) is 22.1 Å². The van der Waals surface area contributed by atoms with Gasteiger partial charge in [0.05, 0.1) is 17.0 Å². The van der Waals surface area contributed by atoms with Gasteiger partial charge in [0.1, 0.15) is 5.75 Å². The maximum absolute atomic E-state index is 12.3. The fourth-order valence-electron chi connectivity index (χ4n) is 1.93. The Hall–Kier alpha value is -0.820. The molecule has 1 aromatic carbocycles. The average molecular weight is 291 g/mol. The number of halogens is 1. The van der Waals surface area contributed by atoms with Gasteiger partial charge >= 0.3 is 0 Å². The minimum absolute atomic E-state index is 0.0894. The van der Waals surface area contributed by atoms with E-state index in [2.05, 4.69) is 0 Å². The predicted molar refractivity (Wildman–Crippen MR) is 69.4 cm³/mol. The largest absolute Gasteiger partial charge is 0.495 e. The maximum Gasteiger partial charge on any atom is 0.243 e. The highest BCUT2D eigenvalue weighted by molar-refractivity contribution is 7.89. The van der Waals surface area contributed by atoms with Crippen molar-refractivity contribution in [2.45, 2.75) is 17.4 Å². The third-order valence-electron chi connectivity index (χ3n) is 2.95. The molecular weight excluding hydrogens is 276 g/mol. The van der Waals surface area contributed by atoms with Crippen molar-refractivity contribution in [3.05, 3.63) is 23.2 Å². The molecule has 100 valence electrons. The van der Waals surface area contributed by atoms with Crippen molar-refractivity contribution in [3.63, 3.8) is 0 Å². The van der Waals surface area contributed by atoms with Gasteiger partial charge in [0.2, 0.25) is 10.0 Å². The van der Waals surface area contributed by atoms with E-state index in [1.807, 2.05) is 0 Å². The van der Waals surface area contributed by atoms with Gasteiger partial charge in [0, 0.05) is 19.1 Å². The second-order valence-electron chi connectivity index (χ2n) is 4.21. The van der Waals surface area contributed by atoms with E-state index in [9.17, 15) is 8.42 Å². The summed E-state index contributed by atoms with van der Waals surface area (Å²) in [4.78, 5) is 0.169. The molecule has 2 rings (SSSR count). The summed E-state index contributed by atoms with van der Waals surface area (Å²) < 4.78 is 31.0. The van der Waals surface area contributed by atoms with E-state index in [-0.39, 0.29) is 16.0 Å². The number of hydrogen-bond donors (Lipinski definition) is 1. The Morgan fingerprint density at radius 2 is 2.22 bits per heavy atom. The first-order valence-corrected chi connectivity index (χ1v) is 7.36. The van der Waals surface area contributed by atoms with E-state index in [0.717, 1.165) is 0 Å². The van der Waals surface area contributed by atoms with Gasteiger partial charge in [-0.3, -0.25) is 0 Å². The zero-order chi connectivity index (χ0) is 13.3. The van der Waals surface area contributed by atoms with Crippen LogP contribution in [-0.2, 0) is 10.0 Å². The van der Waals surface area contributed by atoms with Crippen LogP contribution in [0.2, 0.25) is 5.02 Å². The van der Waals surface area contributed by atoms with Crippen LogP contribution in [0.25, 0.3) is 0 Å². The molecule has 0 aliphatic carbocycles. The molecule has 1 aliphatic heterocycles. The van der Waals surface area contributed by atoms with E-state index in [1.54, 1.807) is 6.07 Å². The smallest absolute Gasteiger partial charge is 0.243 e. The van der Waals surface area contributed by atoms with Gasteiger partial charge in [0.25, 0.3) is 0 Å². The molecule has 0 bridgehead atoms. The molecule has 1 aromatic rings. The predicted octanol–water partition coefficient (Wildman–Crippen LogP) is 1.07. The van der Waals surface area contributed by atoms with Gasteiger partial charge in [-0.15, -0.1) is 0 Å². The van der Waals surface area contributed by atoms with Crippen molar-refractivity contribution in [1.82, 2.24) is 4.31 Å². The topological polar surface area (TPSA) is 72.6 Å². The number of methoxy groups -OCH3 is 1. The fourth-order valence-corrected chi connectivity index (χ4v) is 3.79. The molecule has 0 amide bonds. The third-order valence-corrected chi connectivity index (χ3v) is 5.10. The van der Waals surface area contributed by atoms with Crippen LogP contribution < -0.4 is 10.5 Å². The summed E-state index contributed by atoms with van der Waals surface area (Å²) in [5.74, 6) is 0.453. The van der Waals surface area contributed by atoms with E-state index in [1.165, 1.54) is 23.5 Å². The van der Waals surface area contributed by atoms with Gasteiger partial charge in [-0.05, 0) is 24.6 Å². The highest BCUT2D eigenvalue weighted by Gasteiger charge is 2.31. The summed E-state index contributed by atoms with van der Waals surface area (Å²) in [5, 5.41) is 0.280. The molecule has 2 N–H and O–H groups in total. The number of hydrogen-bond acceptors (Lipinski definition) is 4. The van der Waals surface area contributed by atoms with Crippen LogP contribution in [0.4, 0.5) is 0 Å². The van der Waals surface area contributed by atoms with Crippen LogP contribution in [0.3, 0.4) is 0 Å². The summed E-state index contributed by atoms with van der Waals surface area (Å²) in [6, 6.07) is 4.35. The van der Waals surface area contributed by atoms with Crippen LogP contribution in [0.1, 0.15) is 6.42 Å². The minimum Gasteiger partial charge on any atom is -0.495 e. The molecule has 0 radical (unpaired) electrons. The summed E-state index contributed by atoms with van der Waals surface area (Å²) >= 11 is 5.94. The first-order valence-electron chi connectivity index (χ1n) is 5.54. The zero-order valence-corrected chi connectivity index (χ0v) is 11.5. The second kappa shape index (κ2) is 5.05. The van der Waals surface area contributed by atoms with Gasteiger partial charge < -0.3 is 10.5 Å². The lowest BCUT2D eigenvalue weighted by molar-refractivity contribution is 0.414. The molecule has 1 unspecified atom stereocenters.